The number of aliphatic carboxylic acids is 1. The van der Waals surface area contributed by atoms with Crippen LogP contribution in [-0.2, 0) is 31.1 Å². The molecule has 2 amide bonds. The minimum Gasteiger partial charge on any atom is -0.488 e. The topological polar surface area (TPSA) is 202 Å². The average molecular weight is 814 g/mol. The van der Waals surface area contributed by atoms with E-state index in [1.165, 1.54) is 6.20 Å². The third-order valence-corrected chi connectivity index (χ3v) is 10.4. The number of benzene rings is 4. The van der Waals surface area contributed by atoms with Gasteiger partial charge in [-0.15, -0.1) is 0 Å². The van der Waals surface area contributed by atoms with Gasteiger partial charge in [-0.05, 0) is 82.1 Å². The zero-order valence-corrected chi connectivity index (χ0v) is 33.4. The van der Waals surface area contributed by atoms with Crippen molar-refractivity contribution in [1.82, 2.24) is 26.3 Å². The molecule has 1 unspecified atom stereocenters. The number of fused-ring (bicyclic) bond motifs is 1. The second-order valence-corrected chi connectivity index (χ2v) is 14.6. The van der Waals surface area contributed by atoms with Crippen molar-refractivity contribution in [1.29, 1.82) is 10.5 Å². The van der Waals surface area contributed by atoms with Gasteiger partial charge in [-0.25, -0.2) is 4.79 Å². The zero-order valence-electron chi connectivity index (χ0n) is 32.6. The van der Waals surface area contributed by atoms with Crippen molar-refractivity contribution in [2.24, 2.45) is 0 Å². The molecule has 0 bridgehead atoms. The summed E-state index contributed by atoms with van der Waals surface area (Å²) < 4.78 is 12.6. The smallest absolute Gasteiger partial charge is 0.316 e. The lowest BCUT2D eigenvalue weighted by Gasteiger charge is -2.28. The molecule has 5 aromatic rings. The van der Waals surface area contributed by atoms with Crippen molar-refractivity contribution in [3.05, 3.63) is 135 Å². The number of hydrogen-bond acceptors (Lipinski definition) is 10. The highest BCUT2D eigenvalue weighted by Crippen LogP contribution is 2.38. The minimum atomic E-state index is -1.10. The number of urea groups is 1. The summed E-state index contributed by atoms with van der Waals surface area (Å²) in [7, 11) is 0. The largest absolute Gasteiger partial charge is 0.488 e. The number of nitrogens with zero attached hydrogens (tertiary/aromatic N) is 3. The van der Waals surface area contributed by atoms with Crippen LogP contribution in [0.2, 0.25) is 5.02 Å². The van der Waals surface area contributed by atoms with Crippen molar-refractivity contribution in [3.63, 3.8) is 0 Å². The number of carbonyl (C=O) groups excluding carboxylic acids is 1. The van der Waals surface area contributed by atoms with Crippen LogP contribution in [-0.4, -0.2) is 52.9 Å². The van der Waals surface area contributed by atoms with Gasteiger partial charge in [-0.1, -0.05) is 60.1 Å². The Morgan fingerprint density at radius 3 is 2.49 bits per heavy atom. The number of halogens is 1. The maximum atomic E-state index is 12.3. The van der Waals surface area contributed by atoms with E-state index in [2.05, 4.69) is 88.6 Å². The van der Waals surface area contributed by atoms with E-state index in [1.807, 2.05) is 18.2 Å². The molecule has 0 spiro atoms. The van der Waals surface area contributed by atoms with E-state index in [0.717, 1.165) is 50.1 Å². The van der Waals surface area contributed by atoms with Gasteiger partial charge in [-0.3, -0.25) is 9.78 Å². The maximum Gasteiger partial charge on any atom is 0.316 e. The highest BCUT2D eigenvalue weighted by atomic mass is 35.5. The summed E-state index contributed by atoms with van der Waals surface area (Å²) in [5.74, 6) is -0.248. The zero-order chi connectivity index (χ0) is 41.9. The number of ether oxygens (including phenoxy) is 2. The van der Waals surface area contributed by atoms with E-state index in [0.29, 0.717) is 46.3 Å². The van der Waals surface area contributed by atoms with Crippen LogP contribution in [0.4, 0.5) is 4.79 Å². The van der Waals surface area contributed by atoms with E-state index in [9.17, 15) is 20.0 Å². The second kappa shape index (κ2) is 19.8. The number of nitriles is 2. The molecule has 2 heterocycles. The Hall–Kier alpha value is -6.48. The van der Waals surface area contributed by atoms with Crippen LogP contribution in [0.25, 0.3) is 22.3 Å². The molecular formula is C45H44ClN7O6. The first kappa shape index (κ1) is 42.1. The fourth-order valence-corrected chi connectivity index (χ4v) is 7.35. The number of amides is 2. The van der Waals surface area contributed by atoms with Crippen molar-refractivity contribution in [3.8, 4) is 45.9 Å². The lowest BCUT2D eigenvalue weighted by Crippen LogP contribution is -2.44. The number of aromatic nitrogens is 1. The molecule has 0 aliphatic carbocycles. The van der Waals surface area contributed by atoms with Gasteiger partial charge in [0.15, 0.2) is 0 Å². The minimum absolute atomic E-state index is 0.0453. The number of pyridine rings is 1. The molecule has 0 saturated heterocycles. The molecule has 1 aromatic heterocycles. The van der Waals surface area contributed by atoms with Gasteiger partial charge in [-0.2, -0.15) is 10.5 Å². The summed E-state index contributed by atoms with van der Waals surface area (Å²) in [6.45, 7) is 5.98. The predicted octanol–water partition coefficient (Wildman–Crippen LogP) is 6.61. The SMILES string of the molecule is Cc1c(COc2cc(OCc3cncc(C#N)c3)c(CNC[C@@H](O)CC(=O)O)cc2Cl)cccc1-c1cccc(-c2ccc3c(c2)CNCC3NC(=O)NCC#N)c1C. The van der Waals surface area contributed by atoms with Crippen molar-refractivity contribution >= 4 is 23.6 Å². The molecular weight excluding hydrogens is 770 g/mol. The third kappa shape index (κ3) is 10.7. The molecule has 1 aliphatic rings. The molecule has 4 aromatic carbocycles. The van der Waals surface area contributed by atoms with Gasteiger partial charge >= 0.3 is 12.0 Å². The fraction of sp³-hybridized carbons (Fsp3) is 0.267. The summed E-state index contributed by atoms with van der Waals surface area (Å²) in [5, 5.41) is 49.5. The van der Waals surface area contributed by atoms with Crippen molar-refractivity contribution < 1.29 is 29.3 Å². The number of carboxylic acid groups (broad SMARTS) is 1. The lowest BCUT2D eigenvalue weighted by molar-refractivity contribution is -0.139. The fourth-order valence-electron chi connectivity index (χ4n) is 7.11. The van der Waals surface area contributed by atoms with E-state index in [1.54, 1.807) is 24.4 Å². The Kier molecular flexibility index (Phi) is 14.1. The van der Waals surface area contributed by atoms with Crippen LogP contribution in [0.15, 0.2) is 85.2 Å². The van der Waals surface area contributed by atoms with Crippen LogP contribution in [0, 0.1) is 36.5 Å². The quantitative estimate of drug-likeness (QED) is 0.0586. The van der Waals surface area contributed by atoms with E-state index < -0.39 is 18.5 Å². The van der Waals surface area contributed by atoms with Crippen LogP contribution < -0.4 is 30.7 Å². The lowest BCUT2D eigenvalue weighted by atomic mass is 9.87. The molecule has 0 fully saturated rings. The first-order valence-electron chi connectivity index (χ1n) is 19.0. The standard InChI is InChI=1S/C45H44ClN7O6/c1-27-32(26-59-43-17-42(58-25-30-13-29(18-48)19-49-20-30)34(15-40(43)46)22-50-23-35(54)16-44(55)56)5-3-7-37(27)38-8-4-6-36(28(38)2)31-9-10-39-33(14-31)21-51-24-41(39)53-45(57)52-12-11-47/h3-10,13-15,17,19-20,35,41,50-51,54H,12,16,21-26H2,1-2H3,(H,55,56)(H2,52,53,57)/t35-,41?/m0/s1. The number of carboxylic acids is 1. The van der Waals surface area contributed by atoms with Gasteiger partial charge in [0.05, 0.1) is 35.2 Å². The number of nitrogens with one attached hydrogen (secondary N) is 4. The number of carbonyl (C=O) groups is 2. The molecule has 0 saturated carbocycles. The normalized spacial score (nSPS) is 13.6. The Morgan fingerprint density at radius 2 is 1.71 bits per heavy atom. The summed E-state index contributed by atoms with van der Waals surface area (Å²) in [4.78, 5) is 27.4. The van der Waals surface area contributed by atoms with Crippen molar-refractivity contribution in [2.75, 3.05) is 19.6 Å². The van der Waals surface area contributed by atoms with Gasteiger partial charge in [0, 0.05) is 55.8 Å². The molecule has 2 atom stereocenters. The predicted molar refractivity (Wildman–Crippen MR) is 222 cm³/mol. The molecule has 6 rings (SSSR count). The monoisotopic (exact) mass is 813 g/mol. The average Bonchev–Trinajstić information content (AvgIpc) is 3.22. The van der Waals surface area contributed by atoms with Gasteiger partial charge in [0.2, 0.25) is 0 Å². The number of aliphatic hydroxyl groups excluding tert-OH is 1. The van der Waals surface area contributed by atoms with Crippen LogP contribution >= 0.6 is 11.6 Å². The molecule has 14 heteroatoms. The van der Waals surface area contributed by atoms with Gasteiger partial charge < -0.3 is 41.0 Å². The maximum absolute atomic E-state index is 12.3. The van der Waals surface area contributed by atoms with Crippen LogP contribution in [0.3, 0.4) is 0 Å². The molecule has 13 nitrogen and oxygen atoms in total. The molecule has 302 valence electrons. The summed E-state index contributed by atoms with van der Waals surface area (Å²) in [6.07, 6.45) is 1.62. The highest BCUT2D eigenvalue weighted by Gasteiger charge is 2.23. The first-order chi connectivity index (χ1) is 28.5. The van der Waals surface area contributed by atoms with E-state index >= 15 is 0 Å². The Labute approximate surface area is 347 Å². The Morgan fingerprint density at radius 1 is 0.949 bits per heavy atom. The first-order valence-corrected chi connectivity index (χ1v) is 19.4. The third-order valence-electron chi connectivity index (χ3n) is 10.1. The molecule has 1 aliphatic heterocycles. The molecule has 6 N–H and O–H groups in total. The molecule has 0 radical (unpaired) electrons. The van der Waals surface area contributed by atoms with E-state index in [-0.39, 0.29) is 44.9 Å². The van der Waals surface area contributed by atoms with E-state index in [4.69, 9.17) is 31.4 Å². The number of hydrogen-bond donors (Lipinski definition) is 6. The van der Waals surface area contributed by atoms with Crippen LogP contribution in [0.1, 0.15) is 57.0 Å². The van der Waals surface area contributed by atoms with Gasteiger partial charge in [0.1, 0.15) is 37.3 Å². The summed E-state index contributed by atoms with van der Waals surface area (Å²) >= 11 is 6.77. The van der Waals surface area contributed by atoms with Gasteiger partial charge in [0.25, 0.3) is 0 Å². The number of rotatable bonds is 16. The second-order valence-electron chi connectivity index (χ2n) is 14.2. The number of aliphatic hydroxyl groups is 1. The summed E-state index contributed by atoms with van der Waals surface area (Å²) in [5.41, 5.74) is 11.3. The van der Waals surface area contributed by atoms with Crippen molar-refractivity contribution in [2.45, 2.75) is 58.7 Å². The molecule has 59 heavy (non-hydrogen) atoms. The van der Waals surface area contributed by atoms with Crippen LogP contribution in [0.5, 0.6) is 11.5 Å². The Bertz CT molecular complexity index is 2430. The highest BCUT2D eigenvalue weighted by molar-refractivity contribution is 6.32. The Balaban J connectivity index is 1.21. The summed E-state index contributed by atoms with van der Waals surface area (Å²) in [6, 6.07) is 27.2.